The fourth-order valence-corrected chi connectivity index (χ4v) is 3.70. The maximum absolute atomic E-state index is 12.3. The van der Waals surface area contributed by atoms with E-state index in [1.807, 2.05) is 24.3 Å². The molecule has 0 radical (unpaired) electrons. The Morgan fingerprint density at radius 3 is 2.54 bits per heavy atom. The lowest BCUT2D eigenvalue weighted by Gasteiger charge is -2.22. The van der Waals surface area contributed by atoms with Crippen molar-refractivity contribution in [2.75, 3.05) is 6.54 Å². The number of carbonyl (C=O) groups excluding carboxylic acids is 1. The van der Waals surface area contributed by atoms with Gasteiger partial charge in [-0.1, -0.05) is 48.9 Å². The zero-order chi connectivity index (χ0) is 18.4. The fraction of sp³-hybridized carbons (Fsp3) is 0.409. The van der Waals surface area contributed by atoms with Crippen molar-refractivity contribution in [2.45, 2.75) is 51.5 Å². The van der Waals surface area contributed by atoms with Gasteiger partial charge in [0.2, 0.25) is 0 Å². The monoisotopic (exact) mass is 370 g/mol. The van der Waals surface area contributed by atoms with E-state index in [1.54, 1.807) is 0 Å². The number of carbonyl (C=O) groups is 1. The molecule has 0 aromatic heterocycles. The zero-order valence-electron chi connectivity index (χ0n) is 15.4. The van der Waals surface area contributed by atoms with Crippen LogP contribution < -0.4 is 10.6 Å². The molecule has 138 valence electrons. The molecule has 0 saturated carbocycles. The number of rotatable bonds is 6. The van der Waals surface area contributed by atoms with Crippen molar-refractivity contribution in [2.24, 2.45) is 0 Å². The molecule has 1 aliphatic rings. The molecule has 2 aromatic rings. The summed E-state index contributed by atoms with van der Waals surface area (Å²) in [6.45, 7) is 2.71. The average Bonchev–Trinajstić information content (AvgIpc) is 2.67. The Morgan fingerprint density at radius 1 is 1.08 bits per heavy atom. The molecule has 2 aromatic carbocycles. The van der Waals surface area contributed by atoms with E-state index in [-0.39, 0.29) is 12.1 Å². The molecular formula is C22H27ClN2O. The normalized spacial score (nSPS) is 14.4. The van der Waals surface area contributed by atoms with Crippen molar-refractivity contribution in [1.29, 1.82) is 0 Å². The Labute approximate surface area is 161 Å². The van der Waals surface area contributed by atoms with E-state index in [2.05, 4.69) is 35.8 Å². The van der Waals surface area contributed by atoms with E-state index >= 15 is 0 Å². The highest BCUT2D eigenvalue weighted by Gasteiger charge is 2.16. The van der Waals surface area contributed by atoms with Gasteiger partial charge in [-0.3, -0.25) is 0 Å². The summed E-state index contributed by atoms with van der Waals surface area (Å²) in [7, 11) is 0. The summed E-state index contributed by atoms with van der Waals surface area (Å²) in [5.41, 5.74) is 5.30. The van der Waals surface area contributed by atoms with Crippen molar-refractivity contribution in [3.05, 3.63) is 69.7 Å². The molecule has 0 fully saturated rings. The van der Waals surface area contributed by atoms with Crippen LogP contribution in [0.15, 0.2) is 42.5 Å². The largest absolute Gasteiger partial charge is 0.338 e. The highest BCUT2D eigenvalue weighted by atomic mass is 35.5. The van der Waals surface area contributed by atoms with Crippen LogP contribution in [0, 0.1) is 0 Å². The van der Waals surface area contributed by atoms with Crippen molar-refractivity contribution in [1.82, 2.24) is 10.6 Å². The van der Waals surface area contributed by atoms with Crippen LogP contribution in [0.2, 0.25) is 5.02 Å². The minimum absolute atomic E-state index is 0.0535. The molecule has 2 N–H and O–H groups in total. The van der Waals surface area contributed by atoms with Gasteiger partial charge in [0.1, 0.15) is 0 Å². The van der Waals surface area contributed by atoms with Crippen LogP contribution in [0.4, 0.5) is 4.79 Å². The zero-order valence-corrected chi connectivity index (χ0v) is 16.1. The van der Waals surface area contributed by atoms with Gasteiger partial charge < -0.3 is 10.6 Å². The number of halogens is 1. The quantitative estimate of drug-likeness (QED) is 0.719. The first-order chi connectivity index (χ1) is 12.7. The first-order valence-corrected chi connectivity index (χ1v) is 9.94. The van der Waals surface area contributed by atoms with Crippen LogP contribution in [0.25, 0.3) is 0 Å². The molecule has 1 atom stereocenters. The van der Waals surface area contributed by atoms with Crippen molar-refractivity contribution >= 4 is 17.6 Å². The van der Waals surface area contributed by atoms with Gasteiger partial charge in [-0.25, -0.2) is 4.79 Å². The van der Waals surface area contributed by atoms with E-state index in [0.29, 0.717) is 6.54 Å². The second-order valence-corrected chi connectivity index (χ2v) is 7.41. The smallest absolute Gasteiger partial charge is 0.315 e. The van der Waals surface area contributed by atoms with E-state index in [1.165, 1.54) is 36.0 Å². The molecule has 0 saturated heterocycles. The number of hydrogen-bond donors (Lipinski definition) is 2. The molecule has 26 heavy (non-hydrogen) atoms. The average molecular weight is 371 g/mol. The summed E-state index contributed by atoms with van der Waals surface area (Å²) in [6, 6.07) is 14.4. The minimum Gasteiger partial charge on any atom is -0.338 e. The second kappa shape index (κ2) is 9.09. The summed E-state index contributed by atoms with van der Waals surface area (Å²) < 4.78 is 0. The number of hydrogen-bond acceptors (Lipinski definition) is 1. The molecule has 3 nitrogen and oxygen atoms in total. The van der Waals surface area contributed by atoms with E-state index in [9.17, 15) is 4.79 Å². The lowest BCUT2D eigenvalue weighted by molar-refractivity contribution is 0.237. The Bertz CT molecular complexity index is 742. The predicted octanol–water partition coefficient (Wildman–Crippen LogP) is 5.21. The SMILES string of the molecule is CCC(NC(=O)NCCc1ccc(Cl)cc1)c1ccc2c(c1)CCCC2. The van der Waals surface area contributed by atoms with Gasteiger partial charge in [0.05, 0.1) is 6.04 Å². The molecule has 0 heterocycles. The molecule has 4 heteroatoms. The van der Waals surface area contributed by atoms with Crippen LogP contribution in [-0.4, -0.2) is 12.6 Å². The van der Waals surface area contributed by atoms with Crippen molar-refractivity contribution in [3.8, 4) is 0 Å². The number of urea groups is 1. The van der Waals surface area contributed by atoms with Crippen LogP contribution in [0.3, 0.4) is 0 Å². The van der Waals surface area contributed by atoms with Crippen LogP contribution in [0.1, 0.15) is 54.5 Å². The van der Waals surface area contributed by atoms with Gasteiger partial charge in [-0.2, -0.15) is 0 Å². The first-order valence-electron chi connectivity index (χ1n) is 9.56. The molecule has 3 rings (SSSR count). The summed E-state index contributed by atoms with van der Waals surface area (Å²) in [6.07, 6.45) is 6.57. The molecule has 1 unspecified atom stereocenters. The van der Waals surface area contributed by atoms with Gasteiger partial charge in [-0.05, 0) is 72.9 Å². The molecule has 2 amide bonds. The van der Waals surface area contributed by atoms with Gasteiger partial charge in [0.25, 0.3) is 0 Å². The Morgan fingerprint density at radius 2 is 1.81 bits per heavy atom. The van der Waals surface area contributed by atoms with E-state index < -0.39 is 0 Å². The van der Waals surface area contributed by atoms with Gasteiger partial charge in [-0.15, -0.1) is 0 Å². The lowest BCUT2D eigenvalue weighted by atomic mass is 9.89. The summed E-state index contributed by atoms with van der Waals surface area (Å²) >= 11 is 5.89. The van der Waals surface area contributed by atoms with Crippen LogP contribution in [-0.2, 0) is 19.3 Å². The van der Waals surface area contributed by atoms with Gasteiger partial charge >= 0.3 is 6.03 Å². The van der Waals surface area contributed by atoms with Gasteiger partial charge in [0.15, 0.2) is 0 Å². The molecule has 1 aliphatic carbocycles. The third kappa shape index (κ3) is 5.01. The predicted molar refractivity (Wildman–Crippen MR) is 108 cm³/mol. The lowest BCUT2D eigenvalue weighted by Crippen LogP contribution is -2.38. The molecular weight excluding hydrogens is 344 g/mol. The molecule has 0 bridgehead atoms. The standard InChI is InChI=1S/C22H27ClN2O/c1-2-21(19-10-9-17-5-3-4-6-18(17)15-19)25-22(26)24-14-13-16-7-11-20(23)12-8-16/h7-12,15,21H,2-6,13-14H2,1H3,(H2,24,25,26). The number of aryl methyl sites for hydroxylation is 2. The molecule has 0 spiro atoms. The third-order valence-electron chi connectivity index (χ3n) is 5.10. The highest BCUT2D eigenvalue weighted by molar-refractivity contribution is 6.30. The number of fused-ring (bicyclic) bond motifs is 1. The van der Waals surface area contributed by atoms with Crippen molar-refractivity contribution < 1.29 is 4.79 Å². The third-order valence-corrected chi connectivity index (χ3v) is 5.35. The second-order valence-electron chi connectivity index (χ2n) is 6.97. The fourth-order valence-electron chi connectivity index (χ4n) is 3.57. The maximum atomic E-state index is 12.3. The minimum atomic E-state index is -0.108. The van der Waals surface area contributed by atoms with Gasteiger partial charge in [0, 0.05) is 11.6 Å². The Hall–Kier alpha value is -2.00. The van der Waals surface area contributed by atoms with E-state index in [0.717, 1.165) is 29.8 Å². The molecule has 0 aliphatic heterocycles. The summed E-state index contributed by atoms with van der Waals surface area (Å²) in [5.74, 6) is 0. The Balaban J connectivity index is 1.52. The van der Waals surface area contributed by atoms with E-state index in [4.69, 9.17) is 11.6 Å². The highest BCUT2D eigenvalue weighted by Crippen LogP contribution is 2.26. The van der Waals surface area contributed by atoms with Crippen LogP contribution in [0.5, 0.6) is 0 Å². The first kappa shape index (κ1) is 18.8. The van der Waals surface area contributed by atoms with Crippen LogP contribution >= 0.6 is 11.6 Å². The maximum Gasteiger partial charge on any atom is 0.315 e. The number of amides is 2. The number of benzene rings is 2. The number of nitrogens with one attached hydrogen (secondary N) is 2. The summed E-state index contributed by atoms with van der Waals surface area (Å²) in [4.78, 5) is 12.3. The topological polar surface area (TPSA) is 41.1 Å². The van der Waals surface area contributed by atoms with Crippen molar-refractivity contribution in [3.63, 3.8) is 0 Å². The summed E-state index contributed by atoms with van der Waals surface area (Å²) in [5, 5.41) is 6.81. The Kier molecular flexibility index (Phi) is 6.56.